The van der Waals surface area contributed by atoms with Crippen LogP contribution in [0, 0.1) is 50.4 Å². The number of amides is 2. The second-order valence-electron chi connectivity index (χ2n) is 10.4. The number of ether oxygens (including phenoxy) is 5. The van der Waals surface area contributed by atoms with E-state index >= 15 is 0 Å². The average molecular weight is 907 g/mol. The van der Waals surface area contributed by atoms with E-state index in [1.165, 1.54) is 35.0 Å². The Morgan fingerprint density at radius 3 is 1.43 bits per heavy atom. The molecule has 2 rings (SSSR count). The molecule has 2 aliphatic heterocycles. The molecule has 2 saturated heterocycles. The molecule has 0 saturated carbocycles. The Bertz CT molecular complexity index is 959. The molecule has 0 radical (unpaired) electrons. The zero-order valence-corrected chi connectivity index (χ0v) is 31.4. The number of carboxylic acids is 1. The fourth-order valence-corrected chi connectivity index (χ4v) is 4.04. The van der Waals surface area contributed by atoms with Gasteiger partial charge in [-0.1, -0.05) is 41.9 Å². The number of methoxy groups -OCH3 is 2. The molecule has 2 heterocycles. The number of hydrogen-bond donors (Lipinski definition) is 6. The van der Waals surface area contributed by atoms with Crippen molar-refractivity contribution in [2.75, 3.05) is 27.4 Å². The molecule has 0 aromatic carbocycles. The minimum Gasteiger partial charge on any atom is -0.478 e. The summed E-state index contributed by atoms with van der Waals surface area (Å²) in [4.78, 5) is 43.2. The third kappa shape index (κ3) is 18.5. The van der Waals surface area contributed by atoms with Gasteiger partial charge in [-0.2, -0.15) is 0 Å². The van der Waals surface area contributed by atoms with Crippen molar-refractivity contribution in [3.05, 3.63) is 31.7 Å². The standard InChI is InChI=1S/C14H23NO6.C10H19NO5.C4H6O2.2CH4.CH3.U/c1-7(2)13(18)20-6-10-8(3)12(17)11(15-9(4)16)14(19-5)21-10;1-5-7(4-12)16-10(15-3)8(9(5)14)11-6(2)13;1-3(2)4(5)6;;;;/h8,10-12,14,17H,1,6H2,2-5H3,(H,15,16);5,7-10,12,14H,4H2,1-3H3,(H,11,13);1H2,2H3,(H,5,6);2*1H4;1H3;/q;;;;;-1;/i;;;;;1D;. The van der Waals surface area contributed by atoms with Crippen LogP contribution >= 0.6 is 0 Å². The van der Waals surface area contributed by atoms with Crippen LogP contribution in [0.25, 0.3) is 0 Å². The van der Waals surface area contributed by atoms with Crippen molar-refractivity contribution in [1.29, 1.82) is 0 Å². The smallest absolute Gasteiger partial charge is 0.333 e. The first-order valence-electron chi connectivity index (χ1n) is 14.2. The van der Waals surface area contributed by atoms with Gasteiger partial charge in [-0.05, 0) is 13.8 Å². The SMILES string of the molecule is C.C.C=C(C)C(=O)O.C=C(C)C(=O)OCC1OC(OC)C(NC(C)=O)C(O)C1C.COC1OC(CO)C(C)C(O)C1NC(C)=O.[2H][CH2-].[U]. The summed E-state index contributed by atoms with van der Waals surface area (Å²) in [7, 11) is 5.34. The van der Waals surface area contributed by atoms with Crippen LogP contribution in [0.15, 0.2) is 24.3 Å². The van der Waals surface area contributed by atoms with Crippen LogP contribution in [0.1, 0.15) is 57.8 Å². The summed E-state index contributed by atoms with van der Waals surface area (Å²) in [5.41, 5.74) is 0.466. The maximum atomic E-state index is 11.4. The van der Waals surface area contributed by atoms with Crippen molar-refractivity contribution in [2.45, 2.75) is 105 Å². The van der Waals surface area contributed by atoms with Gasteiger partial charge in [0.1, 0.15) is 18.7 Å². The largest absolute Gasteiger partial charge is 0.478 e. The number of carbonyl (C=O) groups is 4. The van der Waals surface area contributed by atoms with Gasteiger partial charge in [-0.25, -0.2) is 11.0 Å². The molecule has 0 spiro atoms. The Balaban J connectivity index is -0.000000203. The van der Waals surface area contributed by atoms with Crippen molar-refractivity contribution in [3.63, 3.8) is 0 Å². The van der Waals surface area contributed by atoms with Crippen molar-refractivity contribution < 1.29 is 95.8 Å². The summed E-state index contributed by atoms with van der Waals surface area (Å²) in [5, 5.41) is 42.5. The predicted octanol–water partition coefficient (Wildman–Crippen LogP) is 1.20. The Kier molecular flexibility index (Phi) is 29.9. The van der Waals surface area contributed by atoms with Gasteiger partial charge < -0.3 is 62.1 Å². The number of carboxylic acid groups (broad SMARTS) is 1. The van der Waals surface area contributed by atoms with Crippen LogP contribution in [-0.2, 0) is 42.9 Å². The molecule has 276 valence electrons. The van der Waals surface area contributed by atoms with Crippen LogP contribution in [0.4, 0.5) is 0 Å². The summed E-state index contributed by atoms with van der Waals surface area (Å²) in [5.74, 6) is -2.61. The summed E-state index contributed by atoms with van der Waals surface area (Å²) < 4.78 is 31.8. The molecule has 10 atom stereocenters. The third-order valence-electron chi connectivity index (χ3n) is 6.67. The number of esters is 1. The molecule has 6 N–H and O–H groups in total. The van der Waals surface area contributed by atoms with Gasteiger partial charge in [-0.15, -0.1) is 0 Å². The van der Waals surface area contributed by atoms with Crippen LogP contribution in [0.5, 0.6) is 0 Å². The molecule has 0 bridgehead atoms. The molecule has 2 aliphatic rings. The Morgan fingerprint density at radius 1 is 0.809 bits per heavy atom. The van der Waals surface area contributed by atoms with E-state index in [1.807, 2.05) is 0 Å². The monoisotopic (exact) mass is 906 g/mol. The fourth-order valence-electron chi connectivity index (χ4n) is 4.04. The quantitative estimate of drug-likeness (QED) is 0.109. The Labute approximate surface area is 305 Å². The first-order chi connectivity index (χ1) is 20.9. The molecule has 0 aromatic heterocycles. The first kappa shape index (κ1) is 52.0. The van der Waals surface area contributed by atoms with Crippen molar-refractivity contribution in [3.8, 4) is 0 Å². The molecule has 16 heteroatoms. The fraction of sp³-hybridized carbons (Fsp3) is 0.710. The van der Waals surface area contributed by atoms with E-state index in [2.05, 4.69) is 31.2 Å². The number of aliphatic hydroxyl groups excluding tert-OH is 3. The van der Waals surface area contributed by atoms with Gasteiger partial charge in [0.15, 0.2) is 12.6 Å². The molecule has 15 nitrogen and oxygen atoms in total. The number of aliphatic hydroxyl groups is 3. The minimum absolute atomic E-state index is 0. The van der Waals surface area contributed by atoms with E-state index in [0.29, 0.717) is 5.57 Å². The van der Waals surface area contributed by atoms with Gasteiger partial charge in [0.05, 0.1) is 31.0 Å². The zero-order chi connectivity index (χ0) is 35.6. The number of nitrogens with one attached hydrogen (secondary N) is 2. The third-order valence-corrected chi connectivity index (χ3v) is 6.67. The Hall–Kier alpha value is -1.87. The van der Waals surface area contributed by atoms with E-state index in [9.17, 15) is 29.4 Å². The van der Waals surface area contributed by atoms with E-state index in [4.69, 9.17) is 35.3 Å². The molecule has 10 unspecified atom stereocenters. The van der Waals surface area contributed by atoms with Crippen LogP contribution in [-0.4, -0.2) is 121 Å². The normalized spacial score (nSPS) is 29.0. The van der Waals surface area contributed by atoms with E-state index in [1.54, 1.807) is 20.8 Å². The summed E-state index contributed by atoms with van der Waals surface area (Å²) >= 11 is 0. The molecular formula is C31H59N2O13U-. The number of hydrogen-bond acceptors (Lipinski definition) is 12. The number of rotatable bonds is 9. The maximum Gasteiger partial charge on any atom is 0.333 e. The summed E-state index contributed by atoms with van der Waals surface area (Å²) in [6.45, 7) is 15.7. The van der Waals surface area contributed by atoms with Crippen LogP contribution < -0.4 is 10.6 Å². The number of carbonyl (C=O) groups excluding carboxylic acids is 3. The van der Waals surface area contributed by atoms with Crippen molar-refractivity contribution in [1.82, 2.24) is 10.6 Å². The van der Waals surface area contributed by atoms with Gasteiger partial charge >= 0.3 is 11.9 Å². The minimum atomic E-state index is -0.935. The molecule has 2 fully saturated rings. The first-order valence-corrected chi connectivity index (χ1v) is 13.5. The van der Waals surface area contributed by atoms with Gasteiger partial charge in [0.2, 0.25) is 11.8 Å². The number of aliphatic carboxylic acids is 1. The second-order valence-corrected chi connectivity index (χ2v) is 10.4. The van der Waals surface area contributed by atoms with E-state index < -0.39 is 61.0 Å². The van der Waals surface area contributed by atoms with E-state index in [0.717, 1.165) is 0 Å². The van der Waals surface area contributed by atoms with Crippen molar-refractivity contribution >= 4 is 23.8 Å². The van der Waals surface area contributed by atoms with Crippen LogP contribution in [0.2, 0.25) is 0 Å². The zero-order valence-electron chi connectivity index (χ0n) is 28.3. The Morgan fingerprint density at radius 2 is 1.15 bits per heavy atom. The topological polar surface area (TPSA) is 219 Å². The molecule has 0 aliphatic carbocycles. The molecule has 47 heavy (non-hydrogen) atoms. The molecular weight excluding hydrogens is 846 g/mol. The predicted molar refractivity (Wildman–Crippen MR) is 172 cm³/mol. The maximum absolute atomic E-state index is 11.4. The van der Waals surface area contributed by atoms with Crippen LogP contribution in [0.3, 0.4) is 0 Å². The molecule has 0 aromatic rings. The van der Waals surface area contributed by atoms with Gasteiger partial charge in [0.25, 0.3) is 0 Å². The van der Waals surface area contributed by atoms with Crippen molar-refractivity contribution in [2.24, 2.45) is 11.8 Å². The summed E-state index contributed by atoms with van der Waals surface area (Å²) in [6.07, 6.45) is -4.25. The average Bonchev–Trinajstić information content (AvgIpc) is 2.98. The molecule has 2 amide bonds. The second kappa shape index (κ2) is 27.0. The van der Waals surface area contributed by atoms with E-state index in [-0.39, 0.29) is 88.4 Å². The van der Waals surface area contributed by atoms with Gasteiger partial charge in [0, 0.05) is 82.2 Å². The van der Waals surface area contributed by atoms with Gasteiger partial charge in [-0.3, -0.25) is 9.59 Å². The summed E-state index contributed by atoms with van der Waals surface area (Å²) in [6, 6.07) is -1.28.